The standard InChI is InChI=1S/C13H16N6S/c1-3-5-15-13-17-11(19-8-14-7-16-19)10-6-9(4-2)20-12(10)18-13/h6-8H,3-5H2,1-2H3,(H,15,17,18). The van der Waals surface area contributed by atoms with Crippen LogP contribution < -0.4 is 5.32 Å². The summed E-state index contributed by atoms with van der Waals surface area (Å²) in [7, 11) is 0. The number of nitrogens with one attached hydrogen (secondary N) is 1. The summed E-state index contributed by atoms with van der Waals surface area (Å²) in [6, 6.07) is 2.14. The van der Waals surface area contributed by atoms with Crippen LogP contribution in [0.2, 0.25) is 0 Å². The third-order valence-corrected chi connectivity index (χ3v) is 4.11. The van der Waals surface area contributed by atoms with Crippen molar-refractivity contribution in [3.63, 3.8) is 0 Å². The van der Waals surface area contributed by atoms with Crippen LogP contribution in [0.15, 0.2) is 18.7 Å². The topological polar surface area (TPSA) is 68.5 Å². The van der Waals surface area contributed by atoms with E-state index in [1.165, 1.54) is 11.2 Å². The second kappa shape index (κ2) is 5.54. The average molecular weight is 288 g/mol. The lowest BCUT2D eigenvalue weighted by molar-refractivity contribution is 0.847. The highest BCUT2D eigenvalue weighted by atomic mass is 32.1. The summed E-state index contributed by atoms with van der Waals surface area (Å²) in [5.74, 6) is 1.43. The number of thiophene rings is 1. The highest BCUT2D eigenvalue weighted by Gasteiger charge is 2.13. The fourth-order valence-corrected chi connectivity index (χ4v) is 2.90. The number of aromatic nitrogens is 5. The van der Waals surface area contributed by atoms with Crippen molar-refractivity contribution in [1.29, 1.82) is 0 Å². The maximum Gasteiger partial charge on any atom is 0.226 e. The Bertz CT molecular complexity index is 703. The maximum atomic E-state index is 4.59. The van der Waals surface area contributed by atoms with E-state index in [2.05, 4.69) is 45.3 Å². The molecule has 0 aliphatic rings. The third kappa shape index (κ3) is 2.36. The molecule has 3 heterocycles. The zero-order chi connectivity index (χ0) is 13.9. The van der Waals surface area contributed by atoms with Crippen molar-refractivity contribution in [2.75, 3.05) is 11.9 Å². The molecule has 0 aliphatic heterocycles. The lowest BCUT2D eigenvalue weighted by Crippen LogP contribution is -2.07. The SMILES string of the molecule is CCCNc1nc(-n2cncn2)c2cc(CC)sc2n1. The Labute approximate surface area is 120 Å². The third-order valence-electron chi connectivity index (χ3n) is 2.94. The molecule has 0 spiro atoms. The van der Waals surface area contributed by atoms with Crippen LogP contribution in [0.25, 0.3) is 16.0 Å². The van der Waals surface area contributed by atoms with Gasteiger partial charge in [-0.05, 0) is 18.9 Å². The Hall–Kier alpha value is -2.02. The van der Waals surface area contributed by atoms with Crippen molar-refractivity contribution in [3.8, 4) is 5.82 Å². The second-order valence-electron chi connectivity index (χ2n) is 4.42. The van der Waals surface area contributed by atoms with E-state index in [4.69, 9.17) is 0 Å². The van der Waals surface area contributed by atoms with Gasteiger partial charge in [0.1, 0.15) is 17.5 Å². The molecule has 0 aromatic carbocycles. The van der Waals surface area contributed by atoms with Crippen LogP contribution in [-0.4, -0.2) is 31.3 Å². The summed E-state index contributed by atoms with van der Waals surface area (Å²) in [6.45, 7) is 5.11. The highest BCUT2D eigenvalue weighted by molar-refractivity contribution is 7.18. The van der Waals surface area contributed by atoms with Gasteiger partial charge in [-0.15, -0.1) is 11.3 Å². The minimum absolute atomic E-state index is 0.648. The molecular formula is C13H16N6S. The first kappa shape index (κ1) is 13.0. The molecule has 0 unspecified atom stereocenters. The number of anilines is 1. The van der Waals surface area contributed by atoms with Gasteiger partial charge < -0.3 is 5.32 Å². The van der Waals surface area contributed by atoms with Crippen LogP contribution >= 0.6 is 11.3 Å². The van der Waals surface area contributed by atoms with Gasteiger partial charge in [-0.1, -0.05) is 13.8 Å². The van der Waals surface area contributed by atoms with Crippen LogP contribution in [0.1, 0.15) is 25.1 Å². The largest absolute Gasteiger partial charge is 0.354 e. The highest BCUT2D eigenvalue weighted by Crippen LogP contribution is 2.29. The number of hydrogen-bond acceptors (Lipinski definition) is 6. The molecule has 0 amide bonds. The van der Waals surface area contributed by atoms with E-state index in [-0.39, 0.29) is 0 Å². The Morgan fingerprint density at radius 2 is 2.20 bits per heavy atom. The van der Waals surface area contributed by atoms with Gasteiger partial charge in [-0.2, -0.15) is 10.1 Å². The van der Waals surface area contributed by atoms with E-state index >= 15 is 0 Å². The monoisotopic (exact) mass is 288 g/mol. The summed E-state index contributed by atoms with van der Waals surface area (Å²) in [5, 5.41) is 8.45. The maximum absolute atomic E-state index is 4.59. The van der Waals surface area contributed by atoms with E-state index < -0.39 is 0 Å². The summed E-state index contributed by atoms with van der Waals surface area (Å²) in [4.78, 5) is 15.4. The first-order valence-corrected chi connectivity index (χ1v) is 7.52. The van der Waals surface area contributed by atoms with Crippen molar-refractivity contribution in [2.45, 2.75) is 26.7 Å². The molecule has 0 saturated heterocycles. The van der Waals surface area contributed by atoms with E-state index in [1.807, 2.05) is 0 Å². The van der Waals surface area contributed by atoms with Crippen molar-refractivity contribution in [1.82, 2.24) is 24.7 Å². The van der Waals surface area contributed by atoms with Gasteiger partial charge in [-0.25, -0.2) is 14.6 Å². The smallest absolute Gasteiger partial charge is 0.226 e. The molecule has 0 fully saturated rings. The molecule has 0 aliphatic carbocycles. The zero-order valence-electron chi connectivity index (χ0n) is 11.5. The Kier molecular flexibility index (Phi) is 3.60. The molecule has 3 aromatic heterocycles. The number of hydrogen-bond donors (Lipinski definition) is 1. The van der Waals surface area contributed by atoms with Crippen molar-refractivity contribution in [2.24, 2.45) is 0 Å². The van der Waals surface area contributed by atoms with Gasteiger partial charge in [0.05, 0.1) is 5.39 Å². The van der Waals surface area contributed by atoms with Gasteiger partial charge in [0, 0.05) is 11.4 Å². The van der Waals surface area contributed by atoms with Crippen molar-refractivity contribution >= 4 is 27.5 Å². The first-order valence-electron chi connectivity index (χ1n) is 6.71. The Morgan fingerprint density at radius 3 is 2.90 bits per heavy atom. The zero-order valence-corrected chi connectivity index (χ0v) is 12.3. The minimum atomic E-state index is 0.648. The quantitative estimate of drug-likeness (QED) is 0.781. The second-order valence-corrected chi connectivity index (χ2v) is 5.54. The number of rotatable bonds is 5. The minimum Gasteiger partial charge on any atom is -0.354 e. The van der Waals surface area contributed by atoms with Crippen LogP contribution in [0.5, 0.6) is 0 Å². The molecule has 1 N–H and O–H groups in total. The molecule has 3 rings (SSSR count). The predicted octanol–water partition coefficient (Wildman–Crippen LogP) is 2.66. The number of fused-ring (bicyclic) bond motifs is 1. The van der Waals surface area contributed by atoms with Gasteiger partial charge >= 0.3 is 0 Å². The number of nitrogens with zero attached hydrogens (tertiary/aromatic N) is 5. The Morgan fingerprint density at radius 1 is 1.30 bits per heavy atom. The fraction of sp³-hybridized carbons (Fsp3) is 0.385. The normalized spacial score (nSPS) is 11.1. The first-order chi connectivity index (χ1) is 9.81. The summed E-state index contributed by atoms with van der Waals surface area (Å²) >= 11 is 1.70. The summed E-state index contributed by atoms with van der Waals surface area (Å²) in [6.07, 6.45) is 5.20. The molecule has 7 heteroatoms. The van der Waals surface area contributed by atoms with E-state index in [0.717, 1.165) is 35.4 Å². The van der Waals surface area contributed by atoms with Crippen LogP contribution in [0.3, 0.4) is 0 Å². The molecule has 6 nitrogen and oxygen atoms in total. The molecule has 0 atom stereocenters. The lowest BCUT2D eigenvalue weighted by Gasteiger charge is -2.06. The predicted molar refractivity (Wildman–Crippen MR) is 80.5 cm³/mol. The Balaban J connectivity index is 2.15. The average Bonchev–Trinajstić information content (AvgIpc) is 3.12. The van der Waals surface area contributed by atoms with Crippen LogP contribution in [0.4, 0.5) is 5.95 Å². The molecule has 104 valence electrons. The molecule has 3 aromatic rings. The van der Waals surface area contributed by atoms with Crippen LogP contribution in [0, 0.1) is 0 Å². The van der Waals surface area contributed by atoms with Crippen molar-refractivity contribution < 1.29 is 0 Å². The molecule has 20 heavy (non-hydrogen) atoms. The lowest BCUT2D eigenvalue weighted by atomic mass is 10.3. The fourth-order valence-electron chi connectivity index (χ4n) is 1.94. The molecule has 0 bridgehead atoms. The van der Waals surface area contributed by atoms with Gasteiger partial charge in [-0.3, -0.25) is 0 Å². The number of aryl methyl sites for hydroxylation is 1. The molecular weight excluding hydrogens is 272 g/mol. The molecule has 0 saturated carbocycles. The van der Waals surface area contributed by atoms with Gasteiger partial charge in [0.15, 0.2) is 5.82 Å². The summed E-state index contributed by atoms with van der Waals surface area (Å²) in [5.41, 5.74) is 0. The van der Waals surface area contributed by atoms with E-state index in [1.54, 1.807) is 22.3 Å². The van der Waals surface area contributed by atoms with Gasteiger partial charge in [0.2, 0.25) is 5.95 Å². The van der Waals surface area contributed by atoms with E-state index in [0.29, 0.717) is 5.95 Å². The van der Waals surface area contributed by atoms with Crippen LogP contribution in [-0.2, 0) is 6.42 Å². The van der Waals surface area contributed by atoms with Crippen molar-refractivity contribution in [3.05, 3.63) is 23.6 Å². The summed E-state index contributed by atoms with van der Waals surface area (Å²) < 4.78 is 1.69. The molecule has 0 radical (unpaired) electrons. The van der Waals surface area contributed by atoms with Gasteiger partial charge in [0.25, 0.3) is 0 Å². The van der Waals surface area contributed by atoms with E-state index in [9.17, 15) is 0 Å².